The van der Waals surface area contributed by atoms with Crippen LogP contribution in [0.4, 0.5) is 13.2 Å². The average molecular weight is 353 g/mol. The number of hydrogen-bond acceptors (Lipinski definition) is 2. The van der Waals surface area contributed by atoms with Gasteiger partial charge in [0.15, 0.2) is 0 Å². The van der Waals surface area contributed by atoms with Gasteiger partial charge in [-0.2, -0.15) is 13.2 Å². The number of aromatic nitrogens is 2. The molecule has 1 atom stereocenters. The zero-order chi connectivity index (χ0) is 18.4. The summed E-state index contributed by atoms with van der Waals surface area (Å²) in [5.74, 6) is -0.183. The molecule has 136 valence electrons. The van der Waals surface area contributed by atoms with Gasteiger partial charge >= 0.3 is 6.18 Å². The van der Waals surface area contributed by atoms with Gasteiger partial charge in [0.05, 0.1) is 17.9 Å². The van der Waals surface area contributed by atoms with Crippen molar-refractivity contribution in [2.45, 2.75) is 44.8 Å². The summed E-state index contributed by atoms with van der Waals surface area (Å²) in [6.07, 6.45) is 1.10. The Balaban J connectivity index is 2.05. The van der Waals surface area contributed by atoms with E-state index >= 15 is 0 Å². The molecule has 2 aromatic rings. The maximum absolute atomic E-state index is 12.9. The predicted octanol–water partition coefficient (Wildman–Crippen LogP) is 4.03. The number of nitrogens with one attached hydrogen (secondary N) is 1. The smallest absolute Gasteiger partial charge is 0.349 e. The second-order valence-electron chi connectivity index (χ2n) is 6.03. The molecule has 1 N–H and O–H groups in total. The highest BCUT2D eigenvalue weighted by molar-refractivity contribution is 5.76. The van der Waals surface area contributed by atoms with Crippen LogP contribution in [0.1, 0.15) is 49.0 Å². The van der Waals surface area contributed by atoms with Crippen LogP contribution in [0.25, 0.3) is 0 Å². The molecule has 1 aromatic carbocycles. The van der Waals surface area contributed by atoms with Gasteiger partial charge in [-0.1, -0.05) is 25.5 Å². The number of carbonyl (C=O) groups is 1. The topological polar surface area (TPSA) is 46.9 Å². The van der Waals surface area contributed by atoms with Gasteiger partial charge < -0.3 is 9.88 Å². The second kappa shape index (κ2) is 8.18. The van der Waals surface area contributed by atoms with Crippen molar-refractivity contribution < 1.29 is 18.0 Å². The third-order valence-electron chi connectivity index (χ3n) is 4.05. The number of nitrogens with zero attached hydrogens (tertiary/aromatic N) is 2. The molecule has 0 fully saturated rings. The Hall–Kier alpha value is -2.31. The monoisotopic (exact) mass is 353 g/mol. The summed E-state index contributed by atoms with van der Waals surface area (Å²) < 4.78 is 40.5. The molecule has 0 aliphatic heterocycles. The fraction of sp³-hybridized carbons (Fsp3) is 0.444. The minimum atomic E-state index is -4.39. The summed E-state index contributed by atoms with van der Waals surface area (Å²) in [5.41, 5.74) is 0.710. The molecule has 1 unspecified atom stereocenters. The van der Waals surface area contributed by atoms with Crippen LogP contribution >= 0.6 is 0 Å². The van der Waals surface area contributed by atoms with Crippen LogP contribution in [0.5, 0.6) is 0 Å². The van der Waals surface area contributed by atoms with Crippen LogP contribution in [0.3, 0.4) is 0 Å². The quantitative estimate of drug-likeness (QED) is 0.817. The Bertz CT molecular complexity index is 710. The molecule has 7 heteroatoms. The number of carbonyl (C=O) groups excluding carboxylic acids is 1. The number of benzene rings is 1. The third-order valence-corrected chi connectivity index (χ3v) is 4.05. The van der Waals surface area contributed by atoms with Crippen molar-refractivity contribution in [3.63, 3.8) is 0 Å². The van der Waals surface area contributed by atoms with Crippen LogP contribution in [0, 0.1) is 0 Å². The highest BCUT2D eigenvalue weighted by Gasteiger charge is 2.31. The third kappa shape index (κ3) is 5.34. The maximum Gasteiger partial charge on any atom is 0.416 e. The van der Waals surface area contributed by atoms with Gasteiger partial charge in [0.25, 0.3) is 0 Å². The molecule has 0 aliphatic carbocycles. The van der Waals surface area contributed by atoms with E-state index in [1.165, 1.54) is 6.07 Å². The first-order valence-electron chi connectivity index (χ1n) is 8.23. The second-order valence-corrected chi connectivity index (χ2v) is 6.03. The Morgan fingerprint density at radius 2 is 2.12 bits per heavy atom. The lowest BCUT2D eigenvalue weighted by molar-refractivity contribution is -0.137. The van der Waals surface area contributed by atoms with Crippen LogP contribution in [0.2, 0.25) is 0 Å². The van der Waals surface area contributed by atoms with Crippen molar-refractivity contribution >= 4 is 5.91 Å². The van der Waals surface area contributed by atoms with E-state index in [0.29, 0.717) is 18.4 Å². The maximum atomic E-state index is 12.9. The normalized spacial score (nSPS) is 12.8. The number of rotatable bonds is 7. The molecule has 0 aliphatic rings. The van der Waals surface area contributed by atoms with Gasteiger partial charge in [-0.3, -0.25) is 4.79 Å². The first-order valence-corrected chi connectivity index (χ1v) is 8.23. The zero-order valence-corrected chi connectivity index (χ0v) is 14.3. The van der Waals surface area contributed by atoms with Crippen molar-refractivity contribution in [1.29, 1.82) is 0 Å². The summed E-state index contributed by atoms with van der Waals surface area (Å²) in [6, 6.07) is 4.73. The number of hydrogen-bond donors (Lipinski definition) is 1. The fourth-order valence-electron chi connectivity index (χ4n) is 2.68. The highest BCUT2D eigenvalue weighted by atomic mass is 19.4. The Morgan fingerprint density at radius 3 is 2.72 bits per heavy atom. The standard InChI is InChI=1S/C18H22F3N3O/c1-3-5-16(13-6-4-7-14(10-13)18(19,20)21)23-17(25)9-8-15-11-22-12-24(15)2/h4,6-7,10-12,16H,3,5,8-9H2,1-2H3,(H,23,25). The van der Waals surface area contributed by atoms with Crippen LogP contribution in [-0.4, -0.2) is 15.5 Å². The van der Waals surface area contributed by atoms with Crippen LogP contribution in [0.15, 0.2) is 36.8 Å². The molecule has 1 heterocycles. The van der Waals surface area contributed by atoms with Crippen molar-refractivity contribution in [1.82, 2.24) is 14.9 Å². The van der Waals surface area contributed by atoms with E-state index in [0.717, 1.165) is 24.2 Å². The summed E-state index contributed by atoms with van der Waals surface area (Å²) in [7, 11) is 1.85. The molecule has 0 bridgehead atoms. The van der Waals surface area contributed by atoms with Crippen molar-refractivity contribution in [3.05, 3.63) is 53.6 Å². The molecule has 0 radical (unpaired) electrons. The molecule has 0 saturated carbocycles. The van der Waals surface area contributed by atoms with Crippen molar-refractivity contribution in [3.8, 4) is 0 Å². The molecule has 2 rings (SSSR count). The first kappa shape index (κ1) is 19.0. The van der Waals surface area contributed by atoms with E-state index < -0.39 is 17.8 Å². The molecular weight excluding hydrogens is 331 g/mol. The minimum Gasteiger partial charge on any atom is -0.349 e. The molecular formula is C18H22F3N3O. The summed E-state index contributed by atoms with van der Waals surface area (Å²) in [5, 5.41) is 2.86. The van der Waals surface area contributed by atoms with E-state index in [9.17, 15) is 18.0 Å². The molecule has 1 aromatic heterocycles. The van der Waals surface area contributed by atoms with Gasteiger partial charge in [-0.15, -0.1) is 0 Å². The van der Waals surface area contributed by atoms with E-state index in [-0.39, 0.29) is 12.3 Å². The Kier molecular flexibility index (Phi) is 6.22. The van der Waals surface area contributed by atoms with Crippen LogP contribution < -0.4 is 5.32 Å². The van der Waals surface area contributed by atoms with Gasteiger partial charge in [0.1, 0.15) is 0 Å². The number of aryl methyl sites for hydroxylation is 2. The average Bonchev–Trinajstić information content (AvgIpc) is 2.97. The highest BCUT2D eigenvalue weighted by Crippen LogP contribution is 2.31. The Labute approximate surface area is 145 Å². The minimum absolute atomic E-state index is 0.183. The summed E-state index contributed by atoms with van der Waals surface area (Å²) in [4.78, 5) is 16.2. The number of halogens is 3. The van der Waals surface area contributed by atoms with Crippen LogP contribution in [-0.2, 0) is 24.4 Å². The SMILES string of the molecule is CCCC(NC(=O)CCc1cncn1C)c1cccc(C(F)(F)F)c1. The number of amides is 1. The van der Waals surface area contributed by atoms with E-state index in [1.54, 1.807) is 18.6 Å². The molecule has 25 heavy (non-hydrogen) atoms. The summed E-state index contributed by atoms with van der Waals surface area (Å²) in [6.45, 7) is 1.93. The van der Waals surface area contributed by atoms with Gasteiger partial charge in [-0.05, 0) is 30.5 Å². The molecule has 0 saturated heterocycles. The van der Waals surface area contributed by atoms with Crippen molar-refractivity contribution in [2.75, 3.05) is 0 Å². The zero-order valence-electron chi connectivity index (χ0n) is 14.3. The van der Waals surface area contributed by atoms with Gasteiger partial charge in [-0.25, -0.2) is 4.98 Å². The van der Waals surface area contributed by atoms with Gasteiger partial charge in [0.2, 0.25) is 5.91 Å². The molecule has 1 amide bonds. The number of imidazole rings is 1. The Morgan fingerprint density at radius 1 is 1.36 bits per heavy atom. The lowest BCUT2D eigenvalue weighted by atomic mass is 9.99. The lowest BCUT2D eigenvalue weighted by Gasteiger charge is -2.20. The van der Waals surface area contributed by atoms with Crippen molar-refractivity contribution in [2.24, 2.45) is 7.05 Å². The first-order chi connectivity index (χ1) is 11.8. The van der Waals surface area contributed by atoms with E-state index in [2.05, 4.69) is 10.3 Å². The van der Waals surface area contributed by atoms with E-state index in [1.807, 2.05) is 18.5 Å². The van der Waals surface area contributed by atoms with Gasteiger partial charge in [0, 0.05) is 25.4 Å². The van der Waals surface area contributed by atoms with E-state index in [4.69, 9.17) is 0 Å². The molecule has 0 spiro atoms. The summed E-state index contributed by atoms with van der Waals surface area (Å²) >= 11 is 0. The lowest BCUT2D eigenvalue weighted by Crippen LogP contribution is -2.29. The largest absolute Gasteiger partial charge is 0.416 e. The fourth-order valence-corrected chi connectivity index (χ4v) is 2.68. The molecule has 4 nitrogen and oxygen atoms in total. The predicted molar refractivity (Wildman–Crippen MR) is 88.8 cm³/mol. The number of alkyl halides is 3.